The Morgan fingerprint density at radius 3 is 2.52 bits per heavy atom. The summed E-state index contributed by atoms with van der Waals surface area (Å²) in [4.78, 5) is -0.780. The normalized spacial score (nSPS) is 12.6. The first kappa shape index (κ1) is 18.2. The number of hydrogen-bond acceptors (Lipinski definition) is 7. The Morgan fingerprint density at radius 2 is 2.00 bits per heavy atom. The second-order valence-electron chi connectivity index (χ2n) is 3.23. The van der Waals surface area contributed by atoms with Crippen LogP contribution in [0, 0.1) is 0 Å². The predicted octanol–water partition coefficient (Wildman–Crippen LogP) is 3.19. The fourth-order valence-corrected chi connectivity index (χ4v) is 3.46. The second-order valence-corrected chi connectivity index (χ2v) is 6.04. The Balaban J connectivity index is 3.27. The first-order valence-electron chi connectivity index (χ1n) is 4.98. The quantitative estimate of drug-likeness (QED) is 0.242. The molecular weight excluding hydrogens is 356 g/mol. The van der Waals surface area contributed by atoms with E-state index in [1.807, 2.05) is 0 Å². The molecule has 0 radical (unpaired) electrons. The minimum Gasteiger partial charge on any atom is -0.404 e. The SMILES string of the molecule is CSc1cccc(OC(F)(F)F)c1S(=O)(=O)OCOP=O. The number of ether oxygens (including phenoxy) is 1. The molecule has 0 N–H and O–H groups in total. The molecule has 0 heterocycles. The molecule has 0 amide bonds. The van der Waals surface area contributed by atoms with E-state index < -0.39 is 42.6 Å². The van der Waals surface area contributed by atoms with Crippen LogP contribution < -0.4 is 4.74 Å². The molecule has 0 fully saturated rings. The summed E-state index contributed by atoms with van der Waals surface area (Å²) in [6.07, 6.45) is -3.59. The topological polar surface area (TPSA) is 78.9 Å². The van der Waals surface area contributed by atoms with E-state index in [1.54, 1.807) is 0 Å². The number of thioether (sulfide) groups is 1. The van der Waals surface area contributed by atoms with E-state index in [9.17, 15) is 26.2 Å². The third kappa shape index (κ3) is 5.44. The van der Waals surface area contributed by atoms with Gasteiger partial charge in [-0.3, -0.25) is 4.52 Å². The van der Waals surface area contributed by atoms with Crippen molar-refractivity contribution in [1.82, 2.24) is 0 Å². The van der Waals surface area contributed by atoms with Gasteiger partial charge in [0.15, 0.2) is 12.5 Å². The van der Waals surface area contributed by atoms with Crippen LogP contribution in [0.4, 0.5) is 13.2 Å². The van der Waals surface area contributed by atoms with Crippen LogP contribution in [-0.4, -0.2) is 27.8 Å². The third-order valence-electron chi connectivity index (χ3n) is 1.95. The van der Waals surface area contributed by atoms with Gasteiger partial charge in [-0.15, -0.1) is 24.9 Å². The van der Waals surface area contributed by atoms with Gasteiger partial charge in [0.2, 0.25) is 0 Å². The van der Waals surface area contributed by atoms with Crippen molar-refractivity contribution in [1.29, 1.82) is 0 Å². The molecular formula is C9H8F3O6PS2. The summed E-state index contributed by atoms with van der Waals surface area (Å²) in [5, 5.41) is 0. The van der Waals surface area contributed by atoms with E-state index >= 15 is 0 Å². The van der Waals surface area contributed by atoms with Crippen molar-refractivity contribution in [2.24, 2.45) is 0 Å². The summed E-state index contributed by atoms with van der Waals surface area (Å²) in [6.45, 7) is -0.915. The molecule has 0 aliphatic heterocycles. The first-order valence-corrected chi connectivity index (χ1v) is 8.34. The van der Waals surface area contributed by atoms with E-state index in [1.165, 1.54) is 18.4 Å². The van der Waals surface area contributed by atoms with Crippen LogP contribution in [0.15, 0.2) is 28.0 Å². The highest BCUT2D eigenvalue weighted by Crippen LogP contribution is 2.37. The molecule has 0 aromatic heterocycles. The van der Waals surface area contributed by atoms with Crippen LogP contribution in [0.5, 0.6) is 5.75 Å². The van der Waals surface area contributed by atoms with Crippen molar-refractivity contribution in [3.05, 3.63) is 18.2 Å². The van der Waals surface area contributed by atoms with Crippen molar-refractivity contribution >= 4 is 30.6 Å². The van der Waals surface area contributed by atoms with E-state index in [0.29, 0.717) is 0 Å². The molecule has 0 atom stereocenters. The van der Waals surface area contributed by atoms with Gasteiger partial charge < -0.3 is 4.74 Å². The predicted molar refractivity (Wildman–Crippen MR) is 66.7 cm³/mol. The standard InChI is InChI=1S/C9H8F3O6PS2/c1-20-7-4-2-3-6(18-9(10,11)12)8(7)21(14,15)17-5-16-19-13/h2-4H,5H2,1H3. The molecule has 12 heteroatoms. The number of halogens is 3. The summed E-state index contributed by atoms with van der Waals surface area (Å²) >= 11 is 0.891. The van der Waals surface area contributed by atoms with Crippen molar-refractivity contribution in [3.8, 4) is 5.75 Å². The molecule has 0 bridgehead atoms. The maximum atomic E-state index is 12.3. The van der Waals surface area contributed by atoms with Crippen LogP contribution in [-0.2, 0) is 23.4 Å². The van der Waals surface area contributed by atoms with Crippen molar-refractivity contribution < 1.29 is 39.6 Å². The molecule has 0 aliphatic rings. The molecule has 0 saturated carbocycles. The van der Waals surface area contributed by atoms with E-state index in [4.69, 9.17) is 0 Å². The molecule has 0 spiro atoms. The Labute approximate surface area is 124 Å². The van der Waals surface area contributed by atoms with Crippen LogP contribution >= 0.6 is 20.4 Å². The van der Waals surface area contributed by atoms with Crippen LogP contribution in [0.25, 0.3) is 0 Å². The van der Waals surface area contributed by atoms with Crippen molar-refractivity contribution in [3.63, 3.8) is 0 Å². The maximum absolute atomic E-state index is 12.3. The van der Waals surface area contributed by atoms with Gasteiger partial charge in [0.05, 0.1) is 0 Å². The number of alkyl halides is 3. The summed E-state index contributed by atoms with van der Waals surface area (Å²) in [5.41, 5.74) is 0. The molecule has 0 saturated heterocycles. The number of hydrogen-bond donors (Lipinski definition) is 0. The lowest BCUT2D eigenvalue weighted by Crippen LogP contribution is -2.20. The van der Waals surface area contributed by atoms with Gasteiger partial charge in [-0.2, -0.15) is 8.42 Å². The summed E-state index contributed by atoms with van der Waals surface area (Å²) in [6, 6.07) is 3.34. The van der Waals surface area contributed by atoms with Crippen LogP contribution in [0.3, 0.4) is 0 Å². The lowest BCUT2D eigenvalue weighted by atomic mass is 10.3. The molecule has 0 aliphatic carbocycles. The molecule has 1 rings (SSSR count). The highest BCUT2D eigenvalue weighted by molar-refractivity contribution is 7.99. The van der Waals surface area contributed by atoms with Gasteiger partial charge in [-0.05, 0) is 18.4 Å². The Morgan fingerprint density at radius 1 is 1.33 bits per heavy atom. The highest BCUT2D eigenvalue weighted by atomic mass is 32.2. The van der Waals surface area contributed by atoms with Crippen molar-refractivity contribution in [2.45, 2.75) is 16.2 Å². The fraction of sp³-hybridized carbons (Fsp3) is 0.333. The van der Waals surface area contributed by atoms with Gasteiger partial charge in [0.25, 0.3) is 0 Å². The molecule has 0 unspecified atom stereocenters. The van der Waals surface area contributed by atoms with Crippen LogP contribution in [0.1, 0.15) is 0 Å². The average molecular weight is 364 g/mol. The van der Waals surface area contributed by atoms with E-state index in [2.05, 4.69) is 13.4 Å². The van der Waals surface area contributed by atoms with Crippen LogP contribution in [0.2, 0.25) is 0 Å². The Kier molecular flexibility index (Phi) is 6.41. The van der Waals surface area contributed by atoms with Gasteiger partial charge in [-0.1, -0.05) is 6.07 Å². The maximum Gasteiger partial charge on any atom is 0.573 e. The number of benzene rings is 1. The monoisotopic (exact) mass is 364 g/mol. The molecule has 21 heavy (non-hydrogen) atoms. The third-order valence-corrected chi connectivity index (χ3v) is 4.39. The highest BCUT2D eigenvalue weighted by Gasteiger charge is 2.35. The van der Waals surface area contributed by atoms with Gasteiger partial charge in [-0.25, -0.2) is 8.75 Å². The van der Waals surface area contributed by atoms with Gasteiger partial charge in [0, 0.05) is 4.90 Å². The Hall–Kier alpha value is -0.870. The van der Waals surface area contributed by atoms with Gasteiger partial charge in [0.1, 0.15) is 4.90 Å². The van der Waals surface area contributed by atoms with E-state index in [-0.39, 0.29) is 4.90 Å². The molecule has 118 valence electrons. The average Bonchev–Trinajstić information content (AvgIpc) is 2.36. The fourth-order valence-electron chi connectivity index (χ4n) is 1.27. The summed E-state index contributed by atoms with van der Waals surface area (Å²) < 4.78 is 83.0. The summed E-state index contributed by atoms with van der Waals surface area (Å²) in [7, 11) is -5.42. The number of rotatable bonds is 7. The largest absolute Gasteiger partial charge is 0.573 e. The van der Waals surface area contributed by atoms with E-state index in [0.717, 1.165) is 17.8 Å². The zero-order valence-corrected chi connectivity index (χ0v) is 12.8. The zero-order valence-electron chi connectivity index (χ0n) is 10.3. The molecule has 1 aromatic rings. The van der Waals surface area contributed by atoms with Gasteiger partial charge >= 0.3 is 25.2 Å². The lowest BCUT2D eigenvalue weighted by molar-refractivity contribution is -0.275. The second kappa shape index (κ2) is 7.41. The minimum atomic E-state index is -5.06. The Bertz CT molecular complexity index is 604. The molecule has 6 nitrogen and oxygen atoms in total. The molecule has 1 aromatic carbocycles. The lowest BCUT2D eigenvalue weighted by Gasteiger charge is -2.15. The zero-order chi connectivity index (χ0) is 16.1. The first-order chi connectivity index (χ1) is 9.71. The summed E-state index contributed by atoms with van der Waals surface area (Å²) in [5.74, 6) is -0.922. The minimum absolute atomic E-state index is 0.00331. The van der Waals surface area contributed by atoms with Crippen molar-refractivity contribution in [2.75, 3.05) is 13.0 Å². The smallest absolute Gasteiger partial charge is 0.404 e.